The van der Waals surface area contributed by atoms with Crippen LogP contribution in [0.5, 0.6) is 0 Å². The highest BCUT2D eigenvalue weighted by Gasteiger charge is 2.50. The number of anilines is 1. The number of fused-ring (bicyclic) bond motifs is 1. The molecule has 1 saturated heterocycles. The average Bonchev–Trinajstić information content (AvgIpc) is 2.95. The number of hydrogen-bond acceptors (Lipinski definition) is 5. The van der Waals surface area contributed by atoms with Gasteiger partial charge in [0.25, 0.3) is 0 Å². The number of nitrogens with one attached hydrogen (secondary N) is 2. The van der Waals surface area contributed by atoms with Crippen LogP contribution in [0.1, 0.15) is 25.3 Å². The number of amides is 3. The molecule has 3 amide bonds. The third kappa shape index (κ3) is 4.43. The van der Waals surface area contributed by atoms with Crippen molar-refractivity contribution in [2.75, 3.05) is 18.4 Å². The van der Waals surface area contributed by atoms with Gasteiger partial charge in [-0.3, -0.25) is 19.3 Å². The molecule has 30 heavy (non-hydrogen) atoms. The van der Waals surface area contributed by atoms with E-state index in [-0.39, 0.29) is 35.7 Å². The van der Waals surface area contributed by atoms with Crippen LogP contribution in [-0.2, 0) is 20.6 Å². The first-order valence-electron chi connectivity index (χ1n) is 9.37. The standard InChI is InChI=1S/C19H20ClF3N4O3/c1-10(27-17(29)12-4-2-3-5-13(12)18(27)30)16(28)25-7-6-24-15-14(20)8-11(9-26-15)19(21,22)23/h2-3,8-10,12-13H,4-7H2,1H3,(H,24,26)(H,25,28)/t10-,12-,13+/m0/s1. The van der Waals surface area contributed by atoms with E-state index in [1.165, 1.54) is 6.92 Å². The van der Waals surface area contributed by atoms with Crippen molar-refractivity contribution in [2.45, 2.75) is 32.0 Å². The Bertz CT molecular complexity index is 864. The molecule has 0 spiro atoms. The molecule has 0 radical (unpaired) electrons. The fourth-order valence-electron chi connectivity index (χ4n) is 3.56. The molecule has 1 fully saturated rings. The van der Waals surface area contributed by atoms with Crippen LogP contribution in [0.3, 0.4) is 0 Å². The minimum Gasteiger partial charge on any atom is -0.367 e. The molecule has 2 heterocycles. The first-order valence-corrected chi connectivity index (χ1v) is 9.75. The largest absolute Gasteiger partial charge is 0.417 e. The van der Waals surface area contributed by atoms with Crippen molar-refractivity contribution in [3.05, 3.63) is 35.0 Å². The Morgan fingerprint density at radius 2 is 1.83 bits per heavy atom. The van der Waals surface area contributed by atoms with E-state index in [1.54, 1.807) is 0 Å². The van der Waals surface area contributed by atoms with E-state index in [0.717, 1.165) is 11.0 Å². The van der Waals surface area contributed by atoms with E-state index in [1.807, 2.05) is 12.2 Å². The molecule has 0 unspecified atom stereocenters. The van der Waals surface area contributed by atoms with Gasteiger partial charge < -0.3 is 10.6 Å². The van der Waals surface area contributed by atoms with Crippen LogP contribution in [0.15, 0.2) is 24.4 Å². The molecule has 2 N–H and O–H groups in total. The molecule has 1 aromatic rings. The number of aromatic nitrogens is 1. The molecular formula is C19H20ClF3N4O3. The van der Waals surface area contributed by atoms with Gasteiger partial charge in [0.05, 0.1) is 22.4 Å². The summed E-state index contributed by atoms with van der Waals surface area (Å²) in [5.41, 5.74) is -0.962. The molecule has 1 aromatic heterocycles. The summed E-state index contributed by atoms with van der Waals surface area (Å²) in [6.07, 6.45) is 0.833. The number of pyridine rings is 1. The number of carbonyl (C=O) groups is 3. The van der Waals surface area contributed by atoms with Crippen molar-refractivity contribution in [3.8, 4) is 0 Å². The smallest absolute Gasteiger partial charge is 0.367 e. The second kappa shape index (κ2) is 8.63. The SMILES string of the molecule is C[C@@H](C(=O)NCCNc1ncc(C(F)(F)F)cc1Cl)N1C(=O)[C@H]2CC=CC[C@H]2C1=O. The summed E-state index contributed by atoms with van der Waals surface area (Å²) in [6.45, 7) is 1.71. The summed E-state index contributed by atoms with van der Waals surface area (Å²) in [4.78, 5) is 42.1. The molecule has 0 bridgehead atoms. The molecule has 2 aliphatic rings. The van der Waals surface area contributed by atoms with Crippen molar-refractivity contribution in [3.63, 3.8) is 0 Å². The van der Waals surface area contributed by atoms with E-state index in [9.17, 15) is 27.6 Å². The highest BCUT2D eigenvalue weighted by molar-refractivity contribution is 6.33. The van der Waals surface area contributed by atoms with E-state index < -0.39 is 35.5 Å². The zero-order valence-corrected chi connectivity index (χ0v) is 16.8. The lowest BCUT2D eigenvalue weighted by molar-refractivity contribution is -0.147. The fourth-order valence-corrected chi connectivity index (χ4v) is 3.80. The first kappa shape index (κ1) is 22.1. The van der Waals surface area contributed by atoms with Gasteiger partial charge in [0.15, 0.2) is 0 Å². The van der Waals surface area contributed by atoms with Crippen LogP contribution in [-0.4, -0.2) is 46.7 Å². The highest BCUT2D eigenvalue weighted by atomic mass is 35.5. The van der Waals surface area contributed by atoms with E-state index in [0.29, 0.717) is 19.0 Å². The van der Waals surface area contributed by atoms with Crippen LogP contribution in [0.2, 0.25) is 5.02 Å². The van der Waals surface area contributed by atoms with Crippen LogP contribution in [0.25, 0.3) is 0 Å². The second-order valence-corrected chi connectivity index (χ2v) is 7.56. The Labute approximate surface area is 175 Å². The summed E-state index contributed by atoms with van der Waals surface area (Å²) in [7, 11) is 0. The number of alkyl halides is 3. The molecule has 1 aliphatic heterocycles. The second-order valence-electron chi connectivity index (χ2n) is 7.15. The number of imide groups is 1. The lowest BCUT2D eigenvalue weighted by Gasteiger charge is -2.22. The molecule has 0 saturated carbocycles. The predicted molar refractivity (Wildman–Crippen MR) is 102 cm³/mol. The zero-order valence-electron chi connectivity index (χ0n) is 16.0. The molecule has 3 atom stereocenters. The number of halogens is 4. The minimum atomic E-state index is -4.54. The average molecular weight is 445 g/mol. The van der Waals surface area contributed by atoms with Crippen LogP contribution >= 0.6 is 11.6 Å². The van der Waals surface area contributed by atoms with Gasteiger partial charge in [-0.05, 0) is 25.8 Å². The van der Waals surface area contributed by atoms with Crippen LogP contribution < -0.4 is 10.6 Å². The third-order valence-corrected chi connectivity index (χ3v) is 5.48. The van der Waals surface area contributed by atoms with Crippen molar-refractivity contribution >= 4 is 35.1 Å². The van der Waals surface area contributed by atoms with Gasteiger partial charge in [-0.25, -0.2) is 4.98 Å². The van der Waals surface area contributed by atoms with Crippen LogP contribution in [0.4, 0.5) is 19.0 Å². The number of likely N-dealkylation sites (tertiary alicyclic amines) is 1. The van der Waals surface area contributed by atoms with Crippen molar-refractivity contribution in [1.82, 2.24) is 15.2 Å². The summed E-state index contributed by atoms with van der Waals surface area (Å²) in [6, 6.07) is -0.195. The quantitative estimate of drug-likeness (QED) is 0.400. The highest BCUT2D eigenvalue weighted by Crippen LogP contribution is 2.36. The van der Waals surface area contributed by atoms with Crippen molar-refractivity contribution in [1.29, 1.82) is 0 Å². The normalized spacial score (nSPS) is 22.1. The minimum absolute atomic E-state index is 0.0495. The number of hydrogen-bond donors (Lipinski definition) is 2. The predicted octanol–water partition coefficient (Wildman–Crippen LogP) is 2.62. The van der Waals surface area contributed by atoms with Gasteiger partial charge >= 0.3 is 6.18 Å². The molecule has 7 nitrogen and oxygen atoms in total. The number of rotatable bonds is 6. The lowest BCUT2D eigenvalue weighted by atomic mass is 9.85. The summed E-state index contributed by atoms with van der Waals surface area (Å²) in [5.74, 6) is -1.95. The van der Waals surface area contributed by atoms with Gasteiger partial charge in [-0.2, -0.15) is 13.2 Å². The molecule has 3 rings (SSSR count). The van der Waals surface area contributed by atoms with Crippen molar-refractivity contribution in [2.24, 2.45) is 11.8 Å². The number of allylic oxidation sites excluding steroid dienone is 2. The summed E-state index contributed by atoms with van der Waals surface area (Å²) in [5, 5.41) is 5.13. The topological polar surface area (TPSA) is 91.4 Å². The Balaban J connectivity index is 1.50. The van der Waals surface area contributed by atoms with E-state index in [4.69, 9.17) is 11.6 Å². The summed E-state index contributed by atoms with van der Waals surface area (Å²) >= 11 is 5.81. The number of nitrogens with zero attached hydrogens (tertiary/aromatic N) is 2. The molecule has 0 aromatic carbocycles. The first-order chi connectivity index (χ1) is 14.1. The molecule has 1 aliphatic carbocycles. The van der Waals surface area contributed by atoms with Gasteiger partial charge in [0, 0.05) is 19.3 Å². The van der Waals surface area contributed by atoms with Gasteiger partial charge in [0.2, 0.25) is 17.7 Å². The van der Waals surface area contributed by atoms with E-state index >= 15 is 0 Å². The summed E-state index contributed by atoms with van der Waals surface area (Å²) < 4.78 is 37.9. The maximum Gasteiger partial charge on any atom is 0.417 e. The van der Waals surface area contributed by atoms with Crippen LogP contribution in [0, 0.1) is 11.8 Å². The Hall–Kier alpha value is -2.62. The lowest BCUT2D eigenvalue weighted by Crippen LogP contribution is -2.49. The van der Waals surface area contributed by atoms with E-state index in [2.05, 4.69) is 15.6 Å². The van der Waals surface area contributed by atoms with Gasteiger partial charge in [-0.15, -0.1) is 0 Å². The zero-order chi connectivity index (χ0) is 22.1. The molecule has 11 heteroatoms. The van der Waals surface area contributed by atoms with Gasteiger partial charge in [0.1, 0.15) is 11.9 Å². The molecule has 162 valence electrons. The Kier molecular flexibility index (Phi) is 6.35. The third-order valence-electron chi connectivity index (χ3n) is 5.19. The molecular weight excluding hydrogens is 425 g/mol. The van der Waals surface area contributed by atoms with Crippen molar-refractivity contribution < 1.29 is 27.6 Å². The fraction of sp³-hybridized carbons (Fsp3) is 0.474. The Morgan fingerprint density at radius 3 is 2.37 bits per heavy atom. The van der Waals surface area contributed by atoms with Gasteiger partial charge in [-0.1, -0.05) is 23.8 Å². The monoisotopic (exact) mass is 444 g/mol. The maximum absolute atomic E-state index is 12.6. The maximum atomic E-state index is 12.6. The number of carbonyl (C=O) groups excluding carboxylic acids is 3. The Morgan fingerprint density at radius 1 is 1.23 bits per heavy atom.